The van der Waals surface area contributed by atoms with E-state index in [1.54, 1.807) is 42.3 Å². The number of nitrogens with zero attached hydrogens (tertiary/aromatic N) is 3. The number of hydrogen-bond donors (Lipinski definition) is 1. The second-order valence-electron chi connectivity index (χ2n) is 7.76. The van der Waals surface area contributed by atoms with Crippen LogP contribution in [0, 0.1) is 11.3 Å². The number of methoxy groups -OCH3 is 1. The number of ether oxygens (including phenoxy) is 1. The molecule has 186 valence electrons. The molecule has 0 saturated carbocycles. The lowest BCUT2D eigenvalue weighted by atomic mass is 10.1. The minimum absolute atomic E-state index is 0.102. The quantitative estimate of drug-likeness (QED) is 0.224. The summed E-state index contributed by atoms with van der Waals surface area (Å²) in [4.78, 5) is 12.9. The third-order valence-electron chi connectivity index (χ3n) is 5.33. The summed E-state index contributed by atoms with van der Waals surface area (Å²) in [6.07, 6.45) is -1.66. The Balaban J connectivity index is 1.74. The van der Waals surface area contributed by atoms with Gasteiger partial charge in [-0.15, -0.1) is 0 Å². The lowest BCUT2D eigenvalue weighted by molar-refractivity contribution is -0.137. The fourth-order valence-electron chi connectivity index (χ4n) is 3.47. The van der Waals surface area contributed by atoms with Gasteiger partial charge in [0.15, 0.2) is 0 Å². The van der Waals surface area contributed by atoms with Gasteiger partial charge in [0.2, 0.25) is 0 Å². The minimum atomic E-state index is -4.63. The molecular weight excluding hydrogens is 505 g/mol. The number of amides is 1. The number of nitriles is 1. The number of para-hydroxylation sites is 1. The van der Waals surface area contributed by atoms with Crippen LogP contribution in [0.3, 0.4) is 0 Å². The number of aromatic nitrogens is 2. The molecule has 37 heavy (non-hydrogen) atoms. The van der Waals surface area contributed by atoms with E-state index in [0.29, 0.717) is 28.6 Å². The van der Waals surface area contributed by atoms with Crippen LogP contribution in [0.1, 0.15) is 11.1 Å². The summed E-state index contributed by atoms with van der Waals surface area (Å²) < 4.78 is 46.1. The Morgan fingerprint density at radius 3 is 2.43 bits per heavy atom. The lowest BCUT2D eigenvalue weighted by Gasteiger charge is -2.11. The molecule has 0 aliphatic rings. The van der Waals surface area contributed by atoms with E-state index in [4.69, 9.17) is 16.3 Å². The molecule has 0 radical (unpaired) electrons. The van der Waals surface area contributed by atoms with E-state index < -0.39 is 17.6 Å². The normalized spacial score (nSPS) is 11.6. The van der Waals surface area contributed by atoms with Crippen molar-refractivity contribution in [2.24, 2.45) is 0 Å². The summed E-state index contributed by atoms with van der Waals surface area (Å²) >= 11 is 5.99. The molecule has 10 heteroatoms. The molecule has 0 bridgehead atoms. The van der Waals surface area contributed by atoms with Crippen LogP contribution >= 0.6 is 11.6 Å². The van der Waals surface area contributed by atoms with E-state index in [1.807, 2.05) is 36.4 Å². The van der Waals surface area contributed by atoms with E-state index in [-0.39, 0.29) is 16.3 Å². The third-order valence-corrected chi connectivity index (χ3v) is 5.66. The summed E-state index contributed by atoms with van der Waals surface area (Å²) in [5.74, 6) is -0.282. The number of hydrogen-bond acceptors (Lipinski definition) is 4. The molecule has 1 amide bonds. The number of alkyl halides is 3. The third kappa shape index (κ3) is 5.82. The Bertz CT molecular complexity index is 1510. The summed E-state index contributed by atoms with van der Waals surface area (Å²) in [6, 6.07) is 20.6. The van der Waals surface area contributed by atoms with Crippen molar-refractivity contribution in [3.8, 4) is 28.8 Å². The van der Waals surface area contributed by atoms with E-state index in [9.17, 15) is 23.2 Å². The van der Waals surface area contributed by atoms with Crippen molar-refractivity contribution in [2.45, 2.75) is 6.18 Å². The smallest absolute Gasteiger partial charge is 0.416 e. The maximum absolute atomic E-state index is 13.1. The SMILES string of the molecule is COc1ccc(-c2nn(-c3ccccc3)cc2C=C(C#N)C(=O)Nc2cc(C(F)(F)F)ccc2Cl)cc1. The molecule has 4 aromatic rings. The molecule has 4 rings (SSSR count). The number of rotatable bonds is 6. The average molecular weight is 523 g/mol. The highest BCUT2D eigenvalue weighted by molar-refractivity contribution is 6.34. The van der Waals surface area contributed by atoms with Crippen LogP contribution in [0.5, 0.6) is 5.75 Å². The van der Waals surface area contributed by atoms with E-state index >= 15 is 0 Å². The zero-order valence-electron chi connectivity index (χ0n) is 19.3. The van der Waals surface area contributed by atoms with E-state index in [0.717, 1.165) is 17.8 Å². The molecule has 0 fully saturated rings. The van der Waals surface area contributed by atoms with Crippen molar-refractivity contribution >= 4 is 29.3 Å². The Labute approximate surface area is 215 Å². The fourth-order valence-corrected chi connectivity index (χ4v) is 3.64. The van der Waals surface area contributed by atoms with Gasteiger partial charge in [-0.05, 0) is 60.7 Å². The van der Waals surface area contributed by atoms with Gasteiger partial charge in [0.1, 0.15) is 17.4 Å². The second-order valence-corrected chi connectivity index (χ2v) is 8.17. The Hall–Kier alpha value is -4.55. The highest BCUT2D eigenvalue weighted by Gasteiger charge is 2.31. The summed E-state index contributed by atoms with van der Waals surface area (Å²) in [5.41, 5.74) is 0.755. The molecule has 0 atom stereocenters. The lowest BCUT2D eigenvalue weighted by Crippen LogP contribution is -2.15. The van der Waals surface area contributed by atoms with Gasteiger partial charge in [-0.25, -0.2) is 4.68 Å². The van der Waals surface area contributed by atoms with Crippen LogP contribution in [0.4, 0.5) is 18.9 Å². The van der Waals surface area contributed by atoms with Crippen molar-refractivity contribution in [2.75, 3.05) is 12.4 Å². The summed E-state index contributed by atoms with van der Waals surface area (Å²) in [5, 5.41) is 16.5. The number of anilines is 1. The highest BCUT2D eigenvalue weighted by Crippen LogP contribution is 2.34. The molecule has 1 heterocycles. The van der Waals surface area contributed by atoms with Crippen molar-refractivity contribution in [1.29, 1.82) is 5.26 Å². The molecule has 1 aromatic heterocycles. The molecule has 0 aliphatic carbocycles. The molecule has 1 N–H and O–H groups in total. The van der Waals surface area contributed by atoms with Gasteiger partial charge in [0.05, 0.1) is 34.8 Å². The van der Waals surface area contributed by atoms with Crippen LogP contribution in [-0.2, 0) is 11.0 Å². The highest BCUT2D eigenvalue weighted by atomic mass is 35.5. The molecule has 6 nitrogen and oxygen atoms in total. The van der Waals surface area contributed by atoms with Gasteiger partial charge in [-0.2, -0.15) is 23.5 Å². The number of benzene rings is 3. The van der Waals surface area contributed by atoms with Gasteiger partial charge in [-0.1, -0.05) is 29.8 Å². The molecule has 3 aromatic carbocycles. The maximum Gasteiger partial charge on any atom is 0.416 e. The van der Waals surface area contributed by atoms with Crippen LogP contribution in [0.25, 0.3) is 23.0 Å². The molecule has 0 aliphatic heterocycles. The standard InChI is InChI=1S/C27H18ClF3N4O2/c1-37-22-10-7-17(8-11-22)25-19(16-35(34-25)21-5-3-2-4-6-21)13-18(15-32)26(36)33-24-14-20(27(29,30)31)9-12-23(24)28/h2-14,16H,1H3,(H,33,36). The summed E-state index contributed by atoms with van der Waals surface area (Å²) in [6.45, 7) is 0. The first kappa shape index (κ1) is 25.5. The van der Waals surface area contributed by atoms with Crippen LogP contribution in [-0.4, -0.2) is 22.8 Å². The van der Waals surface area contributed by atoms with Crippen LogP contribution in [0.15, 0.2) is 84.6 Å². The van der Waals surface area contributed by atoms with Gasteiger partial charge < -0.3 is 10.1 Å². The molecule has 0 saturated heterocycles. The monoisotopic (exact) mass is 522 g/mol. The van der Waals surface area contributed by atoms with Gasteiger partial charge in [-0.3, -0.25) is 4.79 Å². The van der Waals surface area contributed by atoms with Crippen LogP contribution in [0.2, 0.25) is 5.02 Å². The molecular formula is C27H18ClF3N4O2. The first-order chi connectivity index (χ1) is 17.7. The number of carbonyl (C=O) groups is 1. The zero-order valence-corrected chi connectivity index (χ0v) is 20.0. The van der Waals surface area contributed by atoms with Crippen LogP contribution < -0.4 is 10.1 Å². The fraction of sp³-hybridized carbons (Fsp3) is 0.0741. The predicted octanol–water partition coefficient (Wildman–Crippen LogP) is 6.77. The average Bonchev–Trinajstić information content (AvgIpc) is 3.32. The second kappa shape index (κ2) is 10.6. The first-order valence-corrected chi connectivity index (χ1v) is 11.2. The van der Waals surface area contributed by atoms with Gasteiger partial charge in [0, 0.05) is 17.3 Å². The van der Waals surface area contributed by atoms with E-state index in [1.165, 1.54) is 6.08 Å². The van der Waals surface area contributed by atoms with Crippen molar-refractivity contribution < 1.29 is 22.7 Å². The number of nitrogens with one attached hydrogen (secondary N) is 1. The Morgan fingerprint density at radius 2 is 1.81 bits per heavy atom. The molecule has 0 spiro atoms. The maximum atomic E-state index is 13.1. The Morgan fingerprint density at radius 1 is 1.11 bits per heavy atom. The van der Waals surface area contributed by atoms with Crippen molar-refractivity contribution in [1.82, 2.24) is 9.78 Å². The zero-order chi connectivity index (χ0) is 26.6. The Kier molecular flexibility index (Phi) is 7.32. The predicted molar refractivity (Wildman–Crippen MR) is 134 cm³/mol. The summed E-state index contributed by atoms with van der Waals surface area (Å²) in [7, 11) is 1.54. The minimum Gasteiger partial charge on any atom is -0.497 e. The largest absolute Gasteiger partial charge is 0.497 e. The van der Waals surface area contributed by atoms with Gasteiger partial charge >= 0.3 is 6.18 Å². The number of halogens is 4. The topological polar surface area (TPSA) is 79.9 Å². The van der Waals surface area contributed by atoms with E-state index in [2.05, 4.69) is 10.4 Å². The van der Waals surface area contributed by atoms with Crippen molar-refractivity contribution in [3.63, 3.8) is 0 Å². The first-order valence-electron chi connectivity index (χ1n) is 10.8. The number of carbonyl (C=O) groups excluding carboxylic acids is 1. The molecule has 0 unspecified atom stereocenters. The van der Waals surface area contributed by atoms with Gasteiger partial charge in [0.25, 0.3) is 5.91 Å². The van der Waals surface area contributed by atoms with Crippen molar-refractivity contribution in [3.05, 3.63) is 101 Å².